The first-order valence-corrected chi connectivity index (χ1v) is 5.86. The van der Waals surface area contributed by atoms with Gasteiger partial charge in [-0.05, 0) is 27.2 Å². The second-order valence-corrected chi connectivity index (χ2v) is 4.35. The van der Waals surface area contributed by atoms with Gasteiger partial charge in [0.1, 0.15) is 12.2 Å². The quantitative estimate of drug-likeness (QED) is 0.760. The maximum Gasteiger partial charge on any atom is 0.141 e. The Labute approximate surface area is 96.0 Å². The fourth-order valence-electron chi connectivity index (χ4n) is 1.36. The molecule has 1 heterocycles. The van der Waals surface area contributed by atoms with Crippen LogP contribution < -0.4 is 5.32 Å². The van der Waals surface area contributed by atoms with Crippen LogP contribution in [0.5, 0.6) is 0 Å². The van der Waals surface area contributed by atoms with Crippen LogP contribution in [0.25, 0.3) is 0 Å². The van der Waals surface area contributed by atoms with E-state index in [9.17, 15) is 0 Å². The lowest BCUT2D eigenvalue weighted by Gasteiger charge is -2.13. The topological polar surface area (TPSA) is 42.7 Å². The summed E-state index contributed by atoms with van der Waals surface area (Å²) in [7, 11) is 0. The Morgan fingerprint density at radius 3 is 2.80 bits per heavy atom. The van der Waals surface area contributed by atoms with E-state index in [4.69, 9.17) is 11.6 Å². The van der Waals surface area contributed by atoms with E-state index < -0.39 is 0 Å². The Hall–Kier alpha value is -0.610. The van der Waals surface area contributed by atoms with E-state index in [-0.39, 0.29) is 0 Å². The summed E-state index contributed by atoms with van der Waals surface area (Å²) < 4.78 is 1.93. The maximum atomic E-state index is 5.67. The molecule has 4 nitrogen and oxygen atoms in total. The first-order valence-electron chi connectivity index (χ1n) is 5.33. The highest BCUT2D eigenvalue weighted by atomic mass is 35.5. The Morgan fingerprint density at radius 2 is 2.20 bits per heavy atom. The smallest absolute Gasteiger partial charge is 0.141 e. The molecule has 0 saturated carbocycles. The predicted molar refractivity (Wildman–Crippen MR) is 62.0 cm³/mol. The summed E-state index contributed by atoms with van der Waals surface area (Å²) in [6.07, 6.45) is 2.57. The molecule has 0 aliphatic heterocycles. The lowest BCUT2D eigenvalue weighted by Crippen LogP contribution is -2.27. The molecule has 0 fully saturated rings. The lowest BCUT2D eigenvalue weighted by molar-refractivity contribution is 0.465. The fourth-order valence-corrected chi connectivity index (χ4v) is 1.69. The highest BCUT2D eigenvalue weighted by Crippen LogP contribution is 2.05. The molecule has 0 amide bonds. The van der Waals surface area contributed by atoms with Crippen LogP contribution in [-0.4, -0.2) is 26.7 Å². The second kappa shape index (κ2) is 6.08. The van der Waals surface area contributed by atoms with Gasteiger partial charge in [-0.2, -0.15) is 5.10 Å². The van der Waals surface area contributed by atoms with Crippen molar-refractivity contribution < 1.29 is 0 Å². The summed E-state index contributed by atoms with van der Waals surface area (Å²) >= 11 is 5.67. The zero-order chi connectivity index (χ0) is 11.3. The van der Waals surface area contributed by atoms with E-state index in [0.717, 1.165) is 18.8 Å². The zero-order valence-electron chi connectivity index (χ0n) is 9.57. The summed E-state index contributed by atoms with van der Waals surface area (Å²) in [4.78, 5) is 4.23. The van der Waals surface area contributed by atoms with Crippen LogP contribution in [0.15, 0.2) is 6.33 Å². The molecule has 1 aromatic rings. The maximum absolute atomic E-state index is 5.67. The van der Waals surface area contributed by atoms with Crippen molar-refractivity contribution in [2.75, 3.05) is 5.88 Å². The molecule has 0 aliphatic rings. The summed E-state index contributed by atoms with van der Waals surface area (Å²) in [6, 6.07) is 0.771. The molecule has 15 heavy (non-hydrogen) atoms. The van der Waals surface area contributed by atoms with Crippen LogP contribution in [0.1, 0.15) is 39.1 Å². The minimum atomic E-state index is 0.354. The van der Waals surface area contributed by atoms with E-state index in [1.807, 2.05) is 4.68 Å². The van der Waals surface area contributed by atoms with Gasteiger partial charge in [-0.3, -0.25) is 0 Å². The van der Waals surface area contributed by atoms with E-state index in [1.54, 1.807) is 6.33 Å². The first-order chi connectivity index (χ1) is 7.15. The van der Waals surface area contributed by atoms with Crippen molar-refractivity contribution in [3.05, 3.63) is 12.2 Å². The number of aromatic nitrogens is 3. The predicted octanol–water partition coefficient (Wildman–Crippen LogP) is 1.97. The number of hydrogen-bond donors (Lipinski definition) is 1. The normalized spacial score (nSPS) is 13.4. The van der Waals surface area contributed by atoms with E-state index in [1.165, 1.54) is 0 Å². The SMILES string of the molecule is CC(CCCl)NCc1ncnn1C(C)C. The minimum absolute atomic E-state index is 0.354. The van der Waals surface area contributed by atoms with Crippen LogP contribution in [0, 0.1) is 0 Å². The molecule has 0 spiro atoms. The molecule has 1 N–H and O–H groups in total. The average molecular weight is 231 g/mol. The van der Waals surface area contributed by atoms with Gasteiger partial charge in [0, 0.05) is 18.0 Å². The van der Waals surface area contributed by atoms with Crippen LogP contribution >= 0.6 is 11.6 Å². The highest BCUT2D eigenvalue weighted by Gasteiger charge is 2.08. The third kappa shape index (κ3) is 3.80. The van der Waals surface area contributed by atoms with Crippen LogP contribution in [-0.2, 0) is 6.54 Å². The van der Waals surface area contributed by atoms with Crippen molar-refractivity contribution in [2.24, 2.45) is 0 Å². The van der Waals surface area contributed by atoms with Crippen LogP contribution in [0.2, 0.25) is 0 Å². The lowest BCUT2D eigenvalue weighted by atomic mass is 10.2. The van der Waals surface area contributed by atoms with Gasteiger partial charge in [0.25, 0.3) is 0 Å². The van der Waals surface area contributed by atoms with E-state index in [0.29, 0.717) is 18.0 Å². The summed E-state index contributed by atoms with van der Waals surface area (Å²) in [5.74, 6) is 1.66. The number of alkyl halides is 1. The van der Waals surface area contributed by atoms with Crippen molar-refractivity contribution >= 4 is 11.6 Å². The largest absolute Gasteiger partial charge is 0.307 e. The summed E-state index contributed by atoms with van der Waals surface area (Å²) in [5, 5.41) is 7.55. The number of halogens is 1. The third-order valence-electron chi connectivity index (χ3n) is 2.29. The monoisotopic (exact) mass is 230 g/mol. The molecular formula is C10H19ClN4. The second-order valence-electron chi connectivity index (χ2n) is 3.97. The van der Waals surface area contributed by atoms with Gasteiger partial charge in [-0.25, -0.2) is 9.67 Å². The molecule has 86 valence electrons. The van der Waals surface area contributed by atoms with Gasteiger partial charge >= 0.3 is 0 Å². The van der Waals surface area contributed by atoms with Crippen molar-refractivity contribution in [2.45, 2.75) is 45.8 Å². The molecule has 1 rings (SSSR count). The number of rotatable bonds is 6. The van der Waals surface area contributed by atoms with Crippen LogP contribution in [0.4, 0.5) is 0 Å². The van der Waals surface area contributed by atoms with Crippen molar-refractivity contribution in [3.63, 3.8) is 0 Å². The summed E-state index contributed by atoms with van der Waals surface area (Å²) in [6.45, 7) is 7.06. The van der Waals surface area contributed by atoms with Crippen molar-refractivity contribution in [1.29, 1.82) is 0 Å². The molecule has 0 aromatic carbocycles. The molecule has 0 bridgehead atoms. The number of hydrogen-bond acceptors (Lipinski definition) is 3. The molecule has 0 radical (unpaired) electrons. The Bertz CT molecular complexity index is 285. The molecule has 1 aromatic heterocycles. The van der Waals surface area contributed by atoms with Gasteiger partial charge in [0.15, 0.2) is 0 Å². The standard InChI is InChI=1S/C10H19ClN4/c1-8(2)15-10(13-7-14-15)6-12-9(3)4-5-11/h7-9,12H,4-6H2,1-3H3. The molecule has 0 saturated heterocycles. The number of nitrogens with one attached hydrogen (secondary N) is 1. The third-order valence-corrected chi connectivity index (χ3v) is 2.51. The highest BCUT2D eigenvalue weighted by molar-refractivity contribution is 6.17. The van der Waals surface area contributed by atoms with Crippen molar-refractivity contribution in [3.8, 4) is 0 Å². The molecule has 5 heteroatoms. The van der Waals surface area contributed by atoms with Crippen LogP contribution in [0.3, 0.4) is 0 Å². The number of nitrogens with zero attached hydrogens (tertiary/aromatic N) is 3. The van der Waals surface area contributed by atoms with Gasteiger partial charge in [-0.1, -0.05) is 0 Å². The zero-order valence-corrected chi connectivity index (χ0v) is 10.3. The minimum Gasteiger partial charge on any atom is -0.307 e. The first kappa shape index (κ1) is 12.5. The van der Waals surface area contributed by atoms with E-state index in [2.05, 4.69) is 36.2 Å². The molecule has 1 atom stereocenters. The van der Waals surface area contributed by atoms with E-state index >= 15 is 0 Å². The Balaban J connectivity index is 2.46. The molecular weight excluding hydrogens is 212 g/mol. The van der Waals surface area contributed by atoms with Gasteiger partial charge in [0.2, 0.25) is 0 Å². The van der Waals surface area contributed by atoms with Gasteiger partial charge in [0.05, 0.1) is 6.54 Å². The Kier molecular flexibility index (Phi) is 5.05. The van der Waals surface area contributed by atoms with Gasteiger partial charge in [-0.15, -0.1) is 11.6 Å². The molecule has 0 aliphatic carbocycles. The average Bonchev–Trinajstić information content (AvgIpc) is 2.63. The molecule has 1 unspecified atom stereocenters. The van der Waals surface area contributed by atoms with Crippen molar-refractivity contribution in [1.82, 2.24) is 20.1 Å². The summed E-state index contributed by atoms with van der Waals surface area (Å²) in [5.41, 5.74) is 0. The Morgan fingerprint density at radius 1 is 1.47 bits per heavy atom. The fraction of sp³-hybridized carbons (Fsp3) is 0.800. The van der Waals surface area contributed by atoms with Gasteiger partial charge < -0.3 is 5.32 Å².